The molecule has 1 aromatic carbocycles. The zero-order chi connectivity index (χ0) is 18.3. The van der Waals surface area contributed by atoms with E-state index in [1.165, 1.54) is 32.2 Å². The number of benzene rings is 1. The lowest BCUT2D eigenvalue weighted by molar-refractivity contribution is -0.0528. The first-order valence-electron chi connectivity index (χ1n) is 8.97. The molecule has 0 spiro atoms. The van der Waals surface area contributed by atoms with Gasteiger partial charge in [0.15, 0.2) is 9.84 Å². The van der Waals surface area contributed by atoms with Crippen molar-refractivity contribution < 1.29 is 13.2 Å². The third kappa shape index (κ3) is 3.33. The summed E-state index contributed by atoms with van der Waals surface area (Å²) in [4.78, 5) is 2.78. The van der Waals surface area contributed by atoms with Crippen molar-refractivity contribution in [3.8, 4) is 17.1 Å². The first kappa shape index (κ1) is 17.4. The van der Waals surface area contributed by atoms with Crippen LogP contribution in [0, 0.1) is 5.92 Å². The Balaban J connectivity index is 1.48. The summed E-state index contributed by atoms with van der Waals surface area (Å²) in [7, 11) is -3.19. The van der Waals surface area contributed by atoms with E-state index in [-0.39, 0.29) is 6.10 Å². The van der Waals surface area contributed by atoms with Gasteiger partial charge in [0.25, 0.3) is 0 Å². The molecule has 0 unspecified atom stereocenters. The topological polar surface area (TPSA) is 72.4 Å². The van der Waals surface area contributed by atoms with Crippen LogP contribution in [0.15, 0.2) is 41.3 Å². The van der Waals surface area contributed by atoms with Gasteiger partial charge in [-0.05, 0) is 57.0 Å². The van der Waals surface area contributed by atoms with Gasteiger partial charge in [-0.25, -0.2) is 8.42 Å². The van der Waals surface area contributed by atoms with Crippen molar-refractivity contribution in [3.63, 3.8) is 0 Å². The number of hydrogen-bond acceptors (Lipinski definition) is 6. The van der Waals surface area contributed by atoms with E-state index in [9.17, 15) is 8.42 Å². The number of rotatable bonds is 4. The van der Waals surface area contributed by atoms with E-state index in [0.717, 1.165) is 5.56 Å². The Morgan fingerprint density at radius 1 is 1.04 bits per heavy atom. The molecule has 2 atom stereocenters. The van der Waals surface area contributed by atoms with Gasteiger partial charge in [0, 0.05) is 23.9 Å². The third-order valence-electron chi connectivity index (χ3n) is 5.57. The first-order chi connectivity index (χ1) is 12.4. The average molecular weight is 373 g/mol. The van der Waals surface area contributed by atoms with Crippen LogP contribution >= 0.6 is 0 Å². The van der Waals surface area contributed by atoms with Gasteiger partial charge in [0.05, 0.1) is 10.6 Å². The van der Waals surface area contributed by atoms with Crippen molar-refractivity contribution in [2.75, 3.05) is 19.3 Å². The van der Waals surface area contributed by atoms with E-state index in [1.807, 2.05) is 12.1 Å². The third-order valence-corrected chi connectivity index (χ3v) is 6.69. The summed E-state index contributed by atoms with van der Waals surface area (Å²) in [6, 6.07) is 10.8. The number of piperidine rings is 3. The monoisotopic (exact) mass is 373 g/mol. The van der Waals surface area contributed by atoms with Gasteiger partial charge in [-0.3, -0.25) is 4.90 Å². The van der Waals surface area contributed by atoms with Crippen molar-refractivity contribution in [1.82, 2.24) is 15.1 Å². The number of nitrogens with zero attached hydrogens (tertiary/aromatic N) is 3. The fourth-order valence-electron chi connectivity index (χ4n) is 4.00. The Morgan fingerprint density at radius 2 is 1.73 bits per heavy atom. The average Bonchev–Trinajstić information content (AvgIpc) is 2.65. The van der Waals surface area contributed by atoms with Crippen LogP contribution in [0.1, 0.15) is 19.8 Å². The van der Waals surface area contributed by atoms with E-state index in [0.29, 0.717) is 28.4 Å². The number of sulfone groups is 1. The van der Waals surface area contributed by atoms with Crippen molar-refractivity contribution in [2.45, 2.75) is 36.8 Å². The van der Waals surface area contributed by atoms with Crippen molar-refractivity contribution in [3.05, 3.63) is 36.4 Å². The lowest BCUT2D eigenvalue weighted by Gasteiger charge is -2.48. The Hall–Kier alpha value is -1.99. The lowest BCUT2D eigenvalue weighted by atomic mass is 9.81. The minimum atomic E-state index is -3.19. The predicted octanol–water partition coefficient (Wildman–Crippen LogP) is 2.41. The van der Waals surface area contributed by atoms with Crippen LogP contribution in [0.5, 0.6) is 5.88 Å². The van der Waals surface area contributed by atoms with Crippen LogP contribution in [0.4, 0.5) is 0 Å². The molecule has 0 amide bonds. The molecule has 5 rings (SSSR count). The second kappa shape index (κ2) is 6.63. The van der Waals surface area contributed by atoms with Crippen molar-refractivity contribution >= 4 is 9.84 Å². The molecule has 4 heterocycles. The molecule has 0 N–H and O–H groups in total. The summed E-state index contributed by atoms with van der Waals surface area (Å²) < 4.78 is 29.3. The van der Waals surface area contributed by atoms with Crippen molar-refractivity contribution in [2.24, 2.45) is 5.92 Å². The molecule has 26 heavy (non-hydrogen) atoms. The Bertz CT molecular complexity index is 871. The highest BCUT2D eigenvalue weighted by Gasteiger charge is 2.41. The molecule has 0 aliphatic carbocycles. The summed E-state index contributed by atoms with van der Waals surface area (Å²) in [5, 5.41) is 8.48. The van der Waals surface area contributed by atoms with E-state index >= 15 is 0 Å². The highest BCUT2D eigenvalue weighted by atomic mass is 32.2. The largest absolute Gasteiger partial charge is 0.471 e. The Kier molecular flexibility index (Phi) is 4.44. The number of fused-ring (bicyclic) bond motifs is 3. The summed E-state index contributed by atoms with van der Waals surface area (Å²) >= 11 is 0. The van der Waals surface area contributed by atoms with Gasteiger partial charge in [-0.1, -0.05) is 12.1 Å². The molecule has 138 valence electrons. The second-order valence-electron chi connectivity index (χ2n) is 7.25. The van der Waals surface area contributed by atoms with Gasteiger partial charge >= 0.3 is 0 Å². The molecule has 2 aromatic rings. The quantitative estimate of drug-likeness (QED) is 0.819. The highest BCUT2D eigenvalue weighted by molar-refractivity contribution is 7.90. The molecular formula is C19H23N3O3S. The molecule has 7 heteroatoms. The van der Waals surface area contributed by atoms with Gasteiger partial charge in [0.2, 0.25) is 5.88 Å². The predicted molar refractivity (Wildman–Crippen MR) is 98.8 cm³/mol. The summed E-state index contributed by atoms with van der Waals surface area (Å²) in [6.45, 7) is 4.56. The number of ether oxygens (including phenoxy) is 1. The smallest absolute Gasteiger partial charge is 0.233 e. The fraction of sp³-hybridized carbons (Fsp3) is 0.474. The maximum atomic E-state index is 11.5. The van der Waals surface area contributed by atoms with Crippen LogP contribution in [-0.4, -0.2) is 55.0 Å². The second-order valence-corrected chi connectivity index (χ2v) is 9.27. The molecule has 0 saturated carbocycles. The van der Waals surface area contributed by atoms with Gasteiger partial charge in [-0.2, -0.15) is 0 Å². The maximum Gasteiger partial charge on any atom is 0.233 e. The zero-order valence-electron chi connectivity index (χ0n) is 15.0. The normalized spacial score (nSPS) is 28.1. The highest BCUT2D eigenvalue weighted by Crippen LogP contribution is 2.34. The fourth-order valence-corrected chi connectivity index (χ4v) is 4.63. The van der Waals surface area contributed by atoms with Gasteiger partial charge in [-0.15, -0.1) is 10.2 Å². The van der Waals surface area contributed by atoms with Crippen LogP contribution in [-0.2, 0) is 9.84 Å². The standard InChI is InChI=1S/C19H23N3O3S/c1-13-19(15-9-11-22(13)12-10-15)25-18-8-7-17(20-21-18)14-3-5-16(6-4-14)26(2,23)24/h3-8,13,15,19H,9-12H2,1-2H3/t13-,19-/m0/s1. The molecule has 3 fully saturated rings. The summed E-state index contributed by atoms with van der Waals surface area (Å²) in [5.74, 6) is 1.15. The summed E-state index contributed by atoms with van der Waals surface area (Å²) in [5.41, 5.74) is 1.52. The van der Waals surface area contributed by atoms with E-state index in [4.69, 9.17) is 4.74 Å². The molecule has 3 aliphatic heterocycles. The molecule has 2 bridgehead atoms. The van der Waals surface area contributed by atoms with E-state index in [2.05, 4.69) is 22.0 Å². The molecule has 6 nitrogen and oxygen atoms in total. The number of hydrogen-bond donors (Lipinski definition) is 0. The van der Waals surface area contributed by atoms with Gasteiger partial charge in [0.1, 0.15) is 6.10 Å². The van der Waals surface area contributed by atoms with E-state index in [1.54, 1.807) is 24.3 Å². The van der Waals surface area contributed by atoms with Crippen LogP contribution < -0.4 is 4.74 Å². The van der Waals surface area contributed by atoms with E-state index < -0.39 is 9.84 Å². The zero-order valence-corrected chi connectivity index (χ0v) is 15.8. The minimum absolute atomic E-state index is 0.173. The summed E-state index contributed by atoms with van der Waals surface area (Å²) in [6.07, 6.45) is 3.75. The Labute approximate surface area is 154 Å². The molecular weight excluding hydrogens is 350 g/mol. The maximum absolute atomic E-state index is 11.5. The Morgan fingerprint density at radius 3 is 2.27 bits per heavy atom. The van der Waals surface area contributed by atoms with Gasteiger partial charge < -0.3 is 4.74 Å². The number of aromatic nitrogens is 2. The molecule has 1 aromatic heterocycles. The first-order valence-corrected chi connectivity index (χ1v) is 10.9. The molecule has 0 radical (unpaired) electrons. The van der Waals surface area contributed by atoms with Crippen LogP contribution in [0.2, 0.25) is 0 Å². The van der Waals surface area contributed by atoms with Crippen LogP contribution in [0.3, 0.4) is 0 Å². The molecule has 3 saturated heterocycles. The molecule has 3 aliphatic rings. The minimum Gasteiger partial charge on any atom is -0.471 e. The lowest BCUT2D eigenvalue weighted by Crippen LogP contribution is -2.58. The van der Waals surface area contributed by atoms with Crippen molar-refractivity contribution in [1.29, 1.82) is 0 Å². The van der Waals surface area contributed by atoms with Crippen LogP contribution in [0.25, 0.3) is 11.3 Å². The SMILES string of the molecule is C[C@H]1[C@H](Oc2ccc(-c3ccc(S(C)(=O)=O)cc3)nn2)C2CCN1CC2.